The van der Waals surface area contributed by atoms with E-state index in [1.54, 1.807) is 25.1 Å². The molecule has 1 heterocycles. The van der Waals surface area contributed by atoms with Gasteiger partial charge in [-0.15, -0.1) is 0 Å². The van der Waals surface area contributed by atoms with Crippen molar-refractivity contribution in [3.8, 4) is 0 Å². The Kier molecular flexibility index (Phi) is 4.62. The average Bonchev–Trinajstić information content (AvgIpc) is 2.91. The van der Waals surface area contributed by atoms with Crippen LogP contribution in [0.25, 0.3) is 0 Å². The molecule has 2 aromatic carbocycles. The third-order valence-corrected chi connectivity index (χ3v) is 5.77. The third-order valence-electron chi connectivity index (χ3n) is 4.29. The summed E-state index contributed by atoms with van der Waals surface area (Å²) in [6, 6.07) is 10.0. The van der Waals surface area contributed by atoms with Crippen LogP contribution >= 0.6 is 0 Å². The fraction of sp³-hybridized carbons (Fsp3) is 0.278. The largest absolute Gasteiger partial charge is 0.311 e. The summed E-state index contributed by atoms with van der Waals surface area (Å²) in [5, 5.41) is 0. The molecule has 1 aliphatic heterocycles. The van der Waals surface area contributed by atoms with E-state index in [2.05, 4.69) is 4.72 Å². The second-order valence-corrected chi connectivity index (χ2v) is 7.91. The van der Waals surface area contributed by atoms with Crippen molar-refractivity contribution in [2.45, 2.75) is 31.2 Å². The number of halogens is 1. The van der Waals surface area contributed by atoms with Crippen LogP contribution in [-0.2, 0) is 14.8 Å². The van der Waals surface area contributed by atoms with Gasteiger partial charge < -0.3 is 4.90 Å². The third kappa shape index (κ3) is 3.57. The summed E-state index contributed by atoms with van der Waals surface area (Å²) in [6.07, 6.45) is 0.361. The van der Waals surface area contributed by atoms with E-state index in [1.165, 1.54) is 29.2 Å². The molecule has 0 aliphatic carbocycles. The van der Waals surface area contributed by atoms with Gasteiger partial charge in [-0.05, 0) is 56.2 Å². The smallest absolute Gasteiger partial charge is 0.245 e. The van der Waals surface area contributed by atoms with Crippen molar-refractivity contribution in [2.75, 3.05) is 11.4 Å². The zero-order chi connectivity index (χ0) is 18.2. The van der Waals surface area contributed by atoms with Gasteiger partial charge in [-0.2, -0.15) is 4.72 Å². The maximum atomic E-state index is 13.4. The minimum atomic E-state index is -3.77. The molecule has 3 rings (SSSR count). The number of nitrogens with zero attached hydrogens (tertiary/aromatic N) is 1. The van der Waals surface area contributed by atoms with Gasteiger partial charge in [0, 0.05) is 12.2 Å². The summed E-state index contributed by atoms with van der Waals surface area (Å²) in [4.78, 5) is 14.2. The van der Waals surface area contributed by atoms with Gasteiger partial charge in [0.25, 0.3) is 0 Å². The van der Waals surface area contributed by atoms with Gasteiger partial charge in [0.15, 0.2) is 0 Å². The Morgan fingerprint density at radius 1 is 1.12 bits per heavy atom. The number of amides is 1. The van der Waals surface area contributed by atoms with E-state index in [0.717, 1.165) is 5.56 Å². The molecule has 1 saturated heterocycles. The lowest BCUT2D eigenvalue weighted by atomic mass is 10.2. The topological polar surface area (TPSA) is 66.5 Å². The lowest BCUT2D eigenvalue weighted by Gasteiger charge is -2.18. The van der Waals surface area contributed by atoms with Crippen LogP contribution in [0, 0.1) is 19.7 Å². The second kappa shape index (κ2) is 6.57. The predicted molar refractivity (Wildman–Crippen MR) is 93.4 cm³/mol. The van der Waals surface area contributed by atoms with Crippen LogP contribution in [0.15, 0.2) is 47.4 Å². The van der Waals surface area contributed by atoms with E-state index in [4.69, 9.17) is 0 Å². The van der Waals surface area contributed by atoms with Crippen LogP contribution in [0.1, 0.15) is 17.5 Å². The van der Waals surface area contributed by atoms with Crippen LogP contribution < -0.4 is 9.62 Å². The molecule has 1 amide bonds. The summed E-state index contributed by atoms with van der Waals surface area (Å²) in [6.45, 7) is 3.87. The van der Waals surface area contributed by atoms with E-state index >= 15 is 0 Å². The zero-order valence-electron chi connectivity index (χ0n) is 14.0. The predicted octanol–water partition coefficient (Wildman–Crippen LogP) is 2.53. The standard InChI is InChI=1S/C18H19FN2O3S/c1-12-3-6-15(7-4-12)25(23,24)20-17-9-10-21(18(17)22)14-5-8-16(19)13(2)11-14/h3-8,11,17,20H,9-10H2,1-2H3/t17-/m1/s1. The van der Waals surface area contributed by atoms with Gasteiger partial charge in [0.1, 0.15) is 11.9 Å². The monoisotopic (exact) mass is 362 g/mol. The van der Waals surface area contributed by atoms with Crippen LogP contribution in [0.3, 0.4) is 0 Å². The fourth-order valence-electron chi connectivity index (χ4n) is 2.82. The first-order chi connectivity index (χ1) is 11.8. The SMILES string of the molecule is Cc1ccc(S(=O)(=O)N[C@@H]2CCN(c3ccc(F)c(C)c3)C2=O)cc1. The molecule has 132 valence electrons. The Morgan fingerprint density at radius 3 is 2.44 bits per heavy atom. The molecule has 0 unspecified atom stereocenters. The maximum Gasteiger partial charge on any atom is 0.245 e. The number of hydrogen-bond donors (Lipinski definition) is 1. The molecule has 0 radical (unpaired) electrons. The molecule has 0 aromatic heterocycles. The molecule has 1 atom stereocenters. The summed E-state index contributed by atoms with van der Waals surface area (Å²) >= 11 is 0. The van der Waals surface area contributed by atoms with E-state index < -0.39 is 16.1 Å². The Morgan fingerprint density at radius 2 is 1.80 bits per heavy atom. The van der Waals surface area contributed by atoms with E-state index in [0.29, 0.717) is 24.2 Å². The zero-order valence-corrected chi connectivity index (χ0v) is 14.8. The quantitative estimate of drug-likeness (QED) is 0.909. The summed E-state index contributed by atoms with van der Waals surface area (Å²) in [5.41, 5.74) is 1.96. The van der Waals surface area contributed by atoms with Gasteiger partial charge in [-0.3, -0.25) is 4.79 Å². The van der Waals surface area contributed by atoms with Crippen molar-refractivity contribution >= 4 is 21.6 Å². The van der Waals surface area contributed by atoms with E-state index in [9.17, 15) is 17.6 Å². The van der Waals surface area contributed by atoms with Crippen molar-refractivity contribution in [3.63, 3.8) is 0 Å². The second-order valence-electron chi connectivity index (χ2n) is 6.20. The summed E-state index contributed by atoms with van der Waals surface area (Å²) in [7, 11) is -3.77. The molecule has 25 heavy (non-hydrogen) atoms. The normalized spacial score (nSPS) is 18.0. The molecule has 1 N–H and O–H groups in total. The molecule has 0 saturated carbocycles. The van der Waals surface area contributed by atoms with E-state index in [1.807, 2.05) is 6.92 Å². The van der Waals surface area contributed by atoms with Crippen molar-refractivity contribution in [1.29, 1.82) is 0 Å². The highest BCUT2D eigenvalue weighted by atomic mass is 32.2. The molecule has 5 nitrogen and oxygen atoms in total. The van der Waals surface area contributed by atoms with Crippen molar-refractivity contribution in [2.24, 2.45) is 0 Å². The Hall–Kier alpha value is -2.25. The van der Waals surface area contributed by atoms with Gasteiger partial charge in [0.2, 0.25) is 15.9 Å². The molecule has 1 aliphatic rings. The first kappa shape index (κ1) is 17.6. The number of hydrogen-bond acceptors (Lipinski definition) is 3. The molecule has 0 spiro atoms. The first-order valence-corrected chi connectivity index (χ1v) is 9.43. The maximum absolute atomic E-state index is 13.4. The van der Waals surface area contributed by atoms with Crippen molar-refractivity contribution in [3.05, 3.63) is 59.4 Å². The average molecular weight is 362 g/mol. The van der Waals surface area contributed by atoms with Gasteiger partial charge in [-0.1, -0.05) is 17.7 Å². The number of carbonyl (C=O) groups is 1. The Balaban J connectivity index is 1.77. The number of nitrogens with one attached hydrogen (secondary N) is 1. The molecule has 2 aromatic rings. The highest BCUT2D eigenvalue weighted by molar-refractivity contribution is 7.89. The van der Waals surface area contributed by atoms with Gasteiger partial charge in [-0.25, -0.2) is 12.8 Å². The van der Waals surface area contributed by atoms with Crippen molar-refractivity contribution < 1.29 is 17.6 Å². The summed E-state index contributed by atoms with van der Waals surface area (Å²) < 4.78 is 40.8. The number of benzene rings is 2. The Labute approximate surface area is 146 Å². The lowest BCUT2D eigenvalue weighted by molar-refractivity contribution is -0.118. The fourth-order valence-corrected chi connectivity index (χ4v) is 4.04. The van der Waals surface area contributed by atoms with Gasteiger partial charge in [0.05, 0.1) is 4.90 Å². The molecule has 0 bridgehead atoms. The van der Waals surface area contributed by atoms with E-state index in [-0.39, 0.29) is 16.6 Å². The number of aryl methyl sites for hydroxylation is 2. The summed E-state index contributed by atoms with van der Waals surface area (Å²) in [5.74, 6) is -0.672. The molecular formula is C18H19FN2O3S. The minimum Gasteiger partial charge on any atom is -0.311 e. The van der Waals surface area contributed by atoms with Crippen LogP contribution in [0.2, 0.25) is 0 Å². The minimum absolute atomic E-state index is 0.127. The Bertz CT molecular complexity index is 910. The molecule has 1 fully saturated rings. The molecular weight excluding hydrogens is 343 g/mol. The van der Waals surface area contributed by atoms with Crippen molar-refractivity contribution in [1.82, 2.24) is 4.72 Å². The number of anilines is 1. The van der Waals surface area contributed by atoms with Crippen LogP contribution in [-0.4, -0.2) is 26.9 Å². The lowest BCUT2D eigenvalue weighted by Crippen LogP contribution is -2.41. The molecule has 7 heteroatoms. The number of sulfonamides is 1. The van der Waals surface area contributed by atoms with Crippen LogP contribution in [0.4, 0.5) is 10.1 Å². The van der Waals surface area contributed by atoms with Gasteiger partial charge >= 0.3 is 0 Å². The number of carbonyl (C=O) groups excluding carboxylic acids is 1. The van der Waals surface area contributed by atoms with Crippen LogP contribution in [0.5, 0.6) is 0 Å². The highest BCUT2D eigenvalue weighted by Crippen LogP contribution is 2.24. The first-order valence-electron chi connectivity index (χ1n) is 7.94. The number of rotatable bonds is 4. The highest BCUT2D eigenvalue weighted by Gasteiger charge is 2.35.